The first kappa shape index (κ1) is 16.7. The van der Waals surface area contributed by atoms with Crippen LogP contribution in [-0.2, 0) is 6.18 Å². The van der Waals surface area contributed by atoms with Gasteiger partial charge in [-0.25, -0.2) is 9.97 Å². The van der Waals surface area contributed by atoms with Crippen molar-refractivity contribution in [3.8, 4) is 11.8 Å². The van der Waals surface area contributed by atoms with E-state index in [0.717, 1.165) is 0 Å². The third-order valence-corrected chi connectivity index (χ3v) is 3.72. The molecule has 126 valence electrons. The van der Waals surface area contributed by atoms with Gasteiger partial charge in [0, 0.05) is 0 Å². The van der Waals surface area contributed by atoms with Crippen molar-refractivity contribution < 1.29 is 17.9 Å². The van der Waals surface area contributed by atoms with Crippen LogP contribution < -0.4 is 4.74 Å². The van der Waals surface area contributed by atoms with Crippen molar-refractivity contribution in [2.24, 2.45) is 0 Å². The number of rotatable bonds is 3. The average molecular weight is 343 g/mol. The number of alkyl halides is 3. The number of hydrogen-bond acceptors (Lipinski definition) is 4. The highest BCUT2D eigenvalue weighted by Gasteiger charge is 2.39. The molecule has 4 nitrogen and oxygen atoms in total. The van der Waals surface area contributed by atoms with Crippen molar-refractivity contribution in [3.05, 3.63) is 65.5 Å². The zero-order valence-electron chi connectivity index (χ0n) is 13.1. The van der Waals surface area contributed by atoms with Crippen LogP contribution in [-0.4, -0.2) is 17.1 Å². The second kappa shape index (κ2) is 6.40. The Bertz CT molecular complexity index is 946. The Hall–Kier alpha value is -3.14. The average Bonchev–Trinajstić information content (AvgIpc) is 2.61. The number of ether oxygens (including phenoxy) is 1. The summed E-state index contributed by atoms with van der Waals surface area (Å²) in [5, 5.41) is 9.51. The van der Waals surface area contributed by atoms with Gasteiger partial charge in [0.15, 0.2) is 5.69 Å². The Morgan fingerprint density at radius 1 is 1.00 bits per heavy atom. The molecule has 0 aliphatic carbocycles. The van der Waals surface area contributed by atoms with Gasteiger partial charge in [0.2, 0.25) is 0 Å². The molecule has 0 radical (unpaired) electrons. The van der Waals surface area contributed by atoms with Gasteiger partial charge in [-0.1, -0.05) is 24.3 Å². The van der Waals surface area contributed by atoms with Gasteiger partial charge < -0.3 is 4.74 Å². The number of para-hydroxylation sites is 2. The highest BCUT2D eigenvalue weighted by atomic mass is 19.4. The minimum absolute atomic E-state index is 0.130. The van der Waals surface area contributed by atoms with Crippen molar-refractivity contribution in [2.45, 2.75) is 12.1 Å². The molecule has 1 aromatic heterocycles. The summed E-state index contributed by atoms with van der Waals surface area (Å²) in [6.45, 7) is 0. The van der Waals surface area contributed by atoms with E-state index in [1.54, 1.807) is 42.5 Å². The molecule has 1 heterocycles. The quantitative estimate of drug-likeness (QED) is 0.711. The van der Waals surface area contributed by atoms with Gasteiger partial charge >= 0.3 is 6.18 Å². The van der Waals surface area contributed by atoms with Gasteiger partial charge in [-0.05, 0) is 29.8 Å². The Kier molecular flexibility index (Phi) is 4.28. The SMILES string of the molecule is COc1ccc(C(C#N)c2nc3ccccc3nc2C(F)(F)F)cc1. The molecule has 0 fully saturated rings. The molecule has 1 atom stereocenters. The lowest BCUT2D eigenvalue weighted by Crippen LogP contribution is -2.17. The number of nitriles is 1. The predicted octanol–water partition coefficient (Wildman–Crippen LogP) is 4.31. The molecule has 3 rings (SSSR count). The van der Waals surface area contributed by atoms with Gasteiger partial charge in [-0.3, -0.25) is 0 Å². The number of fused-ring (bicyclic) bond motifs is 1. The van der Waals surface area contributed by atoms with Crippen LogP contribution in [0.4, 0.5) is 13.2 Å². The summed E-state index contributed by atoms with van der Waals surface area (Å²) in [4.78, 5) is 7.81. The smallest absolute Gasteiger partial charge is 0.435 e. The summed E-state index contributed by atoms with van der Waals surface area (Å²) < 4.78 is 45.5. The van der Waals surface area contributed by atoms with E-state index in [9.17, 15) is 18.4 Å². The molecule has 0 saturated heterocycles. The molecule has 0 spiro atoms. The minimum atomic E-state index is -4.71. The standard InChI is InChI=1S/C18H12F3N3O/c1-25-12-8-6-11(7-9-12)13(10-22)16-17(18(19,20)21)24-15-5-3-2-4-14(15)23-16/h2-9,13H,1H3. The highest BCUT2D eigenvalue weighted by molar-refractivity contribution is 5.74. The van der Waals surface area contributed by atoms with Gasteiger partial charge in [-0.2, -0.15) is 18.4 Å². The number of aromatic nitrogens is 2. The molecule has 1 unspecified atom stereocenters. The Balaban J connectivity index is 2.21. The highest BCUT2D eigenvalue weighted by Crippen LogP contribution is 2.36. The summed E-state index contributed by atoms with van der Waals surface area (Å²) >= 11 is 0. The lowest BCUT2D eigenvalue weighted by atomic mass is 9.95. The fourth-order valence-corrected chi connectivity index (χ4v) is 2.51. The zero-order valence-corrected chi connectivity index (χ0v) is 13.1. The molecule has 0 amide bonds. The van der Waals surface area contributed by atoms with Crippen LogP contribution in [0.25, 0.3) is 11.0 Å². The van der Waals surface area contributed by atoms with Crippen LogP contribution in [0.5, 0.6) is 5.75 Å². The number of hydrogen-bond donors (Lipinski definition) is 0. The fraction of sp³-hybridized carbons (Fsp3) is 0.167. The van der Waals surface area contributed by atoms with Gasteiger partial charge in [-0.15, -0.1) is 0 Å². The van der Waals surface area contributed by atoms with Crippen molar-refractivity contribution in [1.29, 1.82) is 5.26 Å². The second-order valence-electron chi connectivity index (χ2n) is 5.28. The second-order valence-corrected chi connectivity index (χ2v) is 5.28. The van der Waals surface area contributed by atoms with E-state index in [-0.39, 0.29) is 5.52 Å². The molecule has 0 bridgehead atoms. The number of halogens is 3. The Morgan fingerprint density at radius 3 is 2.12 bits per heavy atom. The van der Waals surface area contributed by atoms with E-state index in [0.29, 0.717) is 16.8 Å². The summed E-state index contributed by atoms with van der Waals surface area (Å²) in [5.41, 5.74) is -0.727. The van der Waals surface area contributed by atoms with Crippen molar-refractivity contribution in [1.82, 2.24) is 9.97 Å². The predicted molar refractivity (Wildman–Crippen MR) is 85.0 cm³/mol. The first-order chi connectivity index (χ1) is 11.9. The van der Waals surface area contributed by atoms with E-state index in [1.807, 2.05) is 6.07 Å². The molecule has 3 aromatic rings. The largest absolute Gasteiger partial charge is 0.497 e. The topological polar surface area (TPSA) is 58.8 Å². The van der Waals surface area contributed by atoms with Crippen molar-refractivity contribution in [3.63, 3.8) is 0 Å². The fourth-order valence-electron chi connectivity index (χ4n) is 2.51. The summed E-state index contributed by atoms with van der Waals surface area (Å²) in [7, 11) is 1.48. The first-order valence-corrected chi connectivity index (χ1v) is 7.31. The van der Waals surface area contributed by atoms with E-state index in [2.05, 4.69) is 9.97 Å². The number of benzene rings is 2. The van der Waals surface area contributed by atoms with E-state index in [1.165, 1.54) is 13.2 Å². The third kappa shape index (κ3) is 3.24. The lowest BCUT2D eigenvalue weighted by molar-refractivity contribution is -0.141. The van der Waals surface area contributed by atoms with Crippen molar-refractivity contribution >= 4 is 11.0 Å². The third-order valence-electron chi connectivity index (χ3n) is 3.72. The number of methoxy groups -OCH3 is 1. The molecular formula is C18H12F3N3O. The molecule has 0 saturated carbocycles. The van der Waals surface area contributed by atoms with E-state index >= 15 is 0 Å². The molecule has 0 N–H and O–H groups in total. The molecule has 2 aromatic carbocycles. The van der Waals surface area contributed by atoms with Gasteiger partial charge in [0.05, 0.1) is 29.9 Å². The number of nitrogens with zero attached hydrogens (tertiary/aromatic N) is 3. The molecule has 0 aliphatic heterocycles. The van der Waals surface area contributed by atoms with Crippen molar-refractivity contribution in [2.75, 3.05) is 7.11 Å². The Labute approximate surface area is 141 Å². The zero-order chi connectivity index (χ0) is 18.0. The molecule has 25 heavy (non-hydrogen) atoms. The van der Waals surface area contributed by atoms with Crippen LogP contribution in [0, 0.1) is 11.3 Å². The monoisotopic (exact) mass is 343 g/mol. The molecule has 0 aliphatic rings. The van der Waals surface area contributed by atoms with Crippen LogP contribution in [0.2, 0.25) is 0 Å². The minimum Gasteiger partial charge on any atom is -0.497 e. The van der Waals surface area contributed by atoms with Crippen LogP contribution in [0.15, 0.2) is 48.5 Å². The Morgan fingerprint density at radius 2 is 1.60 bits per heavy atom. The first-order valence-electron chi connectivity index (χ1n) is 7.31. The maximum atomic E-state index is 13.5. The maximum absolute atomic E-state index is 13.5. The lowest BCUT2D eigenvalue weighted by Gasteiger charge is -2.16. The molecule has 7 heteroatoms. The van der Waals surface area contributed by atoms with Crippen LogP contribution >= 0.6 is 0 Å². The van der Waals surface area contributed by atoms with Gasteiger partial charge in [0.1, 0.15) is 11.7 Å². The van der Waals surface area contributed by atoms with E-state index in [4.69, 9.17) is 4.74 Å². The maximum Gasteiger partial charge on any atom is 0.435 e. The van der Waals surface area contributed by atoms with Crippen LogP contribution in [0.3, 0.4) is 0 Å². The molecular weight excluding hydrogens is 331 g/mol. The summed E-state index contributed by atoms with van der Waals surface area (Å²) in [6.07, 6.45) is -4.71. The normalized spacial score (nSPS) is 12.6. The summed E-state index contributed by atoms with van der Waals surface area (Å²) in [5.74, 6) is -0.652. The summed E-state index contributed by atoms with van der Waals surface area (Å²) in [6, 6.07) is 14.4. The van der Waals surface area contributed by atoms with E-state index < -0.39 is 23.5 Å². The van der Waals surface area contributed by atoms with Gasteiger partial charge in [0.25, 0.3) is 0 Å². The van der Waals surface area contributed by atoms with Crippen LogP contribution in [0.1, 0.15) is 22.9 Å².